The Morgan fingerprint density at radius 3 is 2.03 bits per heavy atom. The zero-order valence-electron chi connectivity index (χ0n) is 16.0. The van der Waals surface area contributed by atoms with E-state index in [1.165, 1.54) is 0 Å². The van der Waals surface area contributed by atoms with Crippen molar-refractivity contribution in [2.24, 2.45) is 0 Å². The van der Waals surface area contributed by atoms with E-state index in [1.807, 2.05) is 85.7 Å². The number of pyridine rings is 1. The van der Waals surface area contributed by atoms with Gasteiger partial charge in [0.05, 0.1) is 16.9 Å². The quantitative estimate of drug-likeness (QED) is 0.533. The third-order valence-electron chi connectivity index (χ3n) is 4.63. The molecule has 0 atom stereocenters. The molecule has 6 nitrogen and oxygen atoms in total. The van der Waals surface area contributed by atoms with E-state index >= 15 is 0 Å². The van der Waals surface area contributed by atoms with E-state index in [4.69, 9.17) is 0 Å². The van der Waals surface area contributed by atoms with Crippen LogP contribution in [0.25, 0.3) is 33.4 Å². The van der Waals surface area contributed by atoms with Crippen LogP contribution < -0.4 is 4.90 Å². The first-order chi connectivity index (χ1) is 14.1. The van der Waals surface area contributed by atoms with Crippen molar-refractivity contribution >= 4 is 16.6 Å². The van der Waals surface area contributed by atoms with E-state index in [-0.39, 0.29) is 11.4 Å². The summed E-state index contributed by atoms with van der Waals surface area (Å²) in [5, 5.41) is 19.8. The second-order valence-electron chi connectivity index (χ2n) is 6.70. The van der Waals surface area contributed by atoms with Gasteiger partial charge in [0.25, 0.3) is 0 Å². The fourth-order valence-electron chi connectivity index (χ4n) is 3.11. The first kappa shape index (κ1) is 18.1. The molecule has 138 valence electrons. The predicted molar refractivity (Wildman–Crippen MR) is 112 cm³/mol. The molecule has 2 aromatic heterocycles. The van der Waals surface area contributed by atoms with Gasteiger partial charge in [0.2, 0.25) is 0 Å². The van der Waals surface area contributed by atoms with E-state index in [0.717, 1.165) is 27.7 Å². The molecule has 0 unspecified atom stereocenters. The lowest BCUT2D eigenvalue weighted by atomic mass is 10.0. The highest BCUT2D eigenvalue weighted by Crippen LogP contribution is 2.32. The first-order valence-electron chi connectivity index (χ1n) is 8.96. The van der Waals surface area contributed by atoms with Crippen LogP contribution in [-0.4, -0.2) is 29.0 Å². The third kappa shape index (κ3) is 3.36. The van der Waals surface area contributed by atoms with Gasteiger partial charge < -0.3 is 4.90 Å². The van der Waals surface area contributed by atoms with Gasteiger partial charge in [0.15, 0.2) is 11.4 Å². The molecule has 0 aliphatic rings. The molecule has 0 bridgehead atoms. The summed E-state index contributed by atoms with van der Waals surface area (Å²) in [6.45, 7) is 0. The molecule has 4 aromatic rings. The zero-order valence-corrected chi connectivity index (χ0v) is 16.0. The van der Waals surface area contributed by atoms with Crippen LogP contribution in [-0.2, 0) is 0 Å². The monoisotopic (exact) mass is 376 g/mol. The highest BCUT2D eigenvalue weighted by Gasteiger charge is 2.17. The normalized spacial score (nSPS) is 10.3. The first-order valence-corrected chi connectivity index (χ1v) is 8.96. The Labute approximate surface area is 168 Å². The number of aromatic nitrogens is 3. The molecule has 0 amide bonds. The highest BCUT2D eigenvalue weighted by molar-refractivity contribution is 5.86. The van der Waals surface area contributed by atoms with Gasteiger partial charge in [-0.3, -0.25) is 4.98 Å². The van der Waals surface area contributed by atoms with Crippen molar-refractivity contribution in [1.29, 1.82) is 10.5 Å². The van der Waals surface area contributed by atoms with Gasteiger partial charge in [-0.25, -0.2) is 9.97 Å². The Kier molecular flexibility index (Phi) is 4.60. The summed E-state index contributed by atoms with van der Waals surface area (Å²) < 4.78 is 0. The summed E-state index contributed by atoms with van der Waals surface area (Å²) in [5.41, 5.74) is 4.55. The Balaban J connectivity index is 1.96. The molecule has 0 fully saturated rings. The SMILES string of the molecule is CN(C)c1ccc(-c2nc(C#N)c(C#N)nc2-c2cnc3ccccc3c2)cc1. The molecule has 0 radical (unpaired) electrons. The van der Waals surface area contributed by atoms with Crippen molar-refractivity contribution in [3.05, 3.63) is 72.2 Å². The van der Waals surface area contributed by atoms with Gasteiger partial charge in [0, 0.05) is 42.5 Å². The smallest absolute Gasteiger partial charge is 0.177 e. The largest absolute Gasteiger partial charge is 0.378 e. The molecule has 0 saturated heterocycles. The second-order valence-corrected chi connectivity index (χ2v) is 6.70. The average Bonchev–Trinajstić information content (AvgIpc) is 2.77. The Morgan fingerprint density at radius 1 is 0.793 bits per heavy atom. The van der Waals surface area contributed by atoms with Crippen LogP contribution in [0.2, 0.25) is 0 Å². The van der Waals surface area contributed by atoms with E-state index in [0.29, 0.717) is 11.4 Å². The van der Waals surface area contributed by atoms with Gasteiger partial charge in [-0.2, -0.15) is 10.5 Å². The fourth-order valence-corrected chi connectivity index (χ4v) is 3.11. The summed E-state index contributed by atoms with van der Waals surface area (Å²) in [4.78, 5) is 15.5. The van der Waals surface area contributed by atoms with Crippen molar-refractivity contribution in [3.63, 3.8) is 0 Å². The lowest BCUT2D eigenvalue weighted by molar-refractivity contribution is 1.12. The van der Waals surface area contributed by atoms with Gasteiger partial charge >= 0.3 is 0 Å². The number of nitrogens with zero attached hydrogens (tertiary/aromatic N) is 6. The third-order valence-corrected chi connectivity index (χ3v) is 4.63. The maximum Gasteiger partial charge on any atom is 0.177 e. The van der Waals surface area contributed by atoms with Crippen LogP contribution in [0, 0.1) is 22.7 Å². The molecule has 29 heavy (non-hydrogen) atoms. The number of anilines is 1. The van der Waals surface area contributed by atoms with Crippen LogP contribution in [0.1, 0.15) is 11.4 Å². The second kappa shape index (κ2) is 7.38. The molecule has 0 N–H and O–H groups in total. The summed E-state index contributed by atoms with van der Waals surface area (Å²) >= 11 is 0. The summed E-state index contributed by atoms with van der Waals surface area (Å²) in [6.07, 6.45) is 1.72. The maximum atomic E-state index is 9.43. The van der Waals surface area contributed by atoms with Crippen LogP contribution >= 0.6 is 0 Å². The van der Waals surface area contributed by atoms with Crippen LogP contribution in [0.3, 0.4) is 0 Å². The number of fused-ring (bicyclic) bond motifs is 1. The molecule has 4 rings (SSSR count). The Morgan fingerprint density at radius 2 is 1.41 bits per heavy atom. The zero-order chi connectivity index (χ0) is 20.4. The highest BCUT2D eigenvalue weighted by atomic mass is 15.1. The predicted octanol–water partition coefficient (Wildman–Crippen LogP) is 4.17. The molecule has 0 aliphatic heterocycles. The topological polar surface area (TPSA) is 89.5 Å². The van der Waals surface area contributed by atoms with E-state index < -0.39 is 0 Å². The Bertz CT molecular complexity index is 1290. The van der Waals surface area contributed by atoms with Crippen molar-refractivity contribution in [3.8, 4) is 34.7 Å². The van der Waals surface area contributed by atoms with Crippen molar-refractivity contribution in [2.45, 2.75) is 0 Å². The average molecular weight is 376 g/mol. The molecule has 0 spiro atoms. The minimum absolute atomic E-state index is 0.00400. The number of rotatable bonds is 3. The molecule has 0 saturated carbocycles. The van der Waals surface area contributed by atoms with E-state index in [9.17, 15) is 10.5 Å². The summed E-state index contributed by atoms with van der Waals surface area (Å²) in [6, 6.07) is 21.5. The van der Waals surface area contributed by atoms with Crippen molar-refractivity contribution in [1.82, 2.24) is 15.0 Å². The summed E-state index contributed by atoms with van der Waals surface area (Å²) in [5.74, 6) is 0. The molecule has 0 aliphatic carbocycles. The number of nitriles is 2. The summed E-state index contributed by atoms with van der Waals surface area (Å²) in [7, 11) is 3.94. The lowest BCUT2D eigenvalue weighted by Crippen LogP contribution is -2.08. The number of hydrogen-bond acceptors (Lipinski definition) is 6. The fraction of sp³-hybridized carbons (Fsp3) is 0.0870. The van der Waals surface area contributed by atoms with Gasteiger partial charge in [-0.15, -0.1) is 0 Å². The minimum Gasteiger partial charge on any atom is -0.378 e. The van der Waals surface area contributed by atoms with Crippen molar-refractivity contribution < 1.29 is 0 Å². The number of hydrogen-bond donors (Lipinski definition) is 0. The van der Waals surface area contributed by atoms with Crippen LogP contribution in [0.5, 0.6) is 0 Å². The Hall–Kier alpha value is -4.29. The molecule has 2 heterocycles. The van der Waals surface area contributed by atoms with Crippen LogP contribution in [0.4, 0.5) is 5.69 Å². The molecular weight excluding hydrogens is 360 g/mol. The van der Waals surface area contributed by atoms with Gasteiger partial charge in [-0.05, 0) is 24.3 Å². The maximum absolute atomic E-state index is 9.43. The molecule has 2 aromatic carbocycles. The molecular formula is C23H16N6. The van der Waals surface area contributed by atoms with Gasteiger partial charge in [-0.1, -0.05) is 30.3 Å². The molecule has 6 heteroatoms. The van der Waals surface area contributed by atoms with E-state index in [1.54, 1.807) is 6.20 Å². The van der Waals surface area contributed by atoms with Crippen molar-refractivity contribution in [2.75, 3.05) is 19.0 Å². The van der Waals surface area contributed by atoms with E-state index in [2.05, 4.69) is 15.0 Å². The van der Waals surface area contributed by atoms with Crippen LogP contribution in [0.15, 0.2) is 60.8 Å². The van der Waals surface area contributed by atoms with Gasteiger partial charge in [0.1, 0.15) is 12.1 Å². The minimum atomic E-state index is 0.00400. The number of para-hydroxylation sites is 1. The standard InChI is InChI=1S/C23H16N6/c1-29(2)18-9-7-15(8-10-18)22-23(28-21(13-25)20(12-24)27-22)17-11-16-5-3-4-6-19(16)26-14-17/h3-11,14H,1-2H3. The number of benzene rings is 2. The lowest BCUT2D eigenvalue weighted by Gasteiger charge is -2.14.